The number of anilines is 1. The van der Waals surface area contributed by atoms with Crippen LogP contribution in [-0.4, -0.2) is 43.4 Å². The Morgan fingerprint density at radius 1 is 1.08 bits per heavy atom. The van der Waals surface area contributed by atoms with Gasteiger partial charge in [-0.2, -0.15) is 4.31 Å². The molecule has 0 saturated heterocycles. The fourth-order valence-corrected chi connectivity index (χ4v) is 5.22. The standard InChI is InChI=1S/C26H32BrN3O4S2/c1-4-7-8-9-18-34-24-15-10-20(27)19-23(24)25(31)29-26(35)28-21-11-13-22(14-12-21)36(32,33)30(16-5-2)17-6-3/h5-6,10-15,19H,2-4,7-9,16-18H2,1H3,(H2,28,29,31,35). The van der Waals surface area contributed by atoms with Gasteiger partial charge in [0.25, 0.3) is 5.91 Å². The number of rotatable bonds is 14. The van der Waals surface area contributed by atoms with Crippen LogP contribution in [-0.2, 0) is 10.0 Å². The highest BCUT2D eigenvalue weighted by molar-refractivity contribution is 9.10. The Balaban J connectivity index is 2.04. The SMILES string of the molecule is C=CCN(CC=C)S(=O)(=O)c1ccc(NC(=S)NC(=O)c2cc(Br)ccc2OCCCCCC)cc1. The molecule has 0 spiro atoms. The van der Waals surface area contributed by atoms with Gasteiger partial charge in [-0.05, 0) is 61.1 Å². The molecule has 1 amide bonds. The Morgan fingerprint density at radius 2 is 1.75 bits per heavy atom. The number of carbonyl (C=O) groups excluding carboxylic acids is 1. The van der Waals surface area contributed by atoms with Gasteiger partial charge in [-0.1, -0.05) is 54.3 Å². The van der Waals surface area contributed by atoms with Crippen LogP contribution >= 0.6 is 28.1 Å². The van der Waals surface area contributed by atoms with Crippen molar-refractivity contribution in [1.29, 1.82) is 0 Å². The van der Waals surface area contributed by atoms with Crippen LogP contribution in [0.1, 0.15) is 43.0 Å². The number of nitrogens with one attached hydrogen (secondary N) is 2. The molecule has 0 aromatic heterocycles. The molecule has 2 rings (SSSR count). The van der Waals surface area contributed by atoms with Crippen LogP contribution in [0.4, 0.5) is 5.69 Å². The molecule has 0 radical (unpaired) electrons. The lowest BCUT2D eigenvalue weighted by Crippen LogP contribution is -2.34. The van der Waals surface area contributed by atoms with Crippen LogP contribution < -0.4 is 15.4 Å². The first-order chi connectivity index (χ1) is 17.2. The van der Waals surface area contributed by atoms with Crippen LogP contribution in [0.3, 0.4) is 0 Å². The number of unbranched alkanes of at least 4 members (excludes halogenated alkanes) is 3. The van der Waals surface area contributed by atoms with Crippen molar-refractivity contribution in [2.45, 2.75) is 37.5 Å². The molecule has 7 nitrogen and oxygen atoms in total. The van der Waals surface area contributed by atoms with Crippen molar-refractivity contribution < 1.29 is 17.9 Å². The summed E-state index contributed by atoms with van der Waals surface area (Å²) in [5.41, 5.74) is 0.884. The molecule has 2 aromatic carbocycles. The van der Waals surface area contributed by atoms with E-state index in [2.05, 4.69) is 46.6 Å². The summed E-state index contributed by atoms with van der Waals surface area (Å²) in [6.07, 6.45) is 7.31. The second-order valence-electron chi connectivity index (χ2n) is 7.88. The van der Waals surface area contributed by atoms with Crippen LogP contribution in [0, 0.1) is 0 Å². The number of halogens is 1. The predicted molar refractivity (Wildman–Crippen MR) is 153 cm³/mol. The maximum Gasteiger partial charge on any atom is 0.261 e. The monoisotopic (exact) mass is 593 g/mol. The second-order valence-corrected chi connectivity index (χ2v) is 11.1. The minimum atomic E-state index is -3.71. The van der Waals surface area contributed by atoms with Gasteiger partial charge >= 0.3 is 0 Å². The molecule has 10 heteroatoms. The topological polar surface area (TPSA) is 87.7 Å². The van der Waals surface area contributed by atoms with E-state index < -0.39 is 15.9 Å². The zero-order valence-corrected chi connectivity index (χ0v) is 23.6. The molecule has 0 bridgehead atoms. The van der Waals surface area contributed by atoms with Crippen molar-refractivity contribution in [2.24, 2.45) is 0 Å². The Hall–Kier alpha value is -2.53. The Morgan fingerprint density at radius 3 is 2.36 bits per heavy atom. The van der Waals surface area contributed by atoms with E-state index in [9.17, 15) is 13.2 Å². The van der Waals surface area contributed by atoms with E-state index >= 15 is 0 Å². The third-order valence-electron chi connectivity index (χ3n) is 5.08. The first-order valence-electron chi connectivity index (χ1n) is 11.6. The number of hydrogen-bond acceptors (Lipinski definition) is 5. The quantitative estimate of drug-likeness (QED) is 0.161. The van der Waals surface area contributed by atoms with Gasteiger partial charge in [0.15, 0.2) is 5.11 Å². The summed E-state index contributed by atoms with van der Waals surface area (Å²) < 4.78 is 33.5. The Labute approximate surface area is 227 Å². The van der Waals surface area contributed by atoms with Gasteiger partial charge in [-0.15, -0.1) is 13.2 Å². The summed E-state index contributed by atoms with van der Waals surface area (Å²) in [5.74, 6) is 0.0641. The molecule has 0 aliphatic rings. The first kappa shape index (κ1) is 29.7. The van der Waals surface area contributed by atoms with Crippen molar-refractivity contribution in [3.63, 3.8) is 0 Å². The third kappa shape index (κ3) is 8.85. The van der Waals surface area contributed by atoms with Gasteiger partial charge in [0, 0.05) is 23.2 Å². The van der Waals surface area contributed by atoms with E-state index in [0.29, 0.717) is 23.6 Å². The lowest BCUT2D eigenvalue weighted by Gasteiger charge is -2.19. The van der Waals surface area contributed by atoms with Crippen molar-refractivity contribution >= 4 is 54.9 Å². The fourth-order valence-electron chi connectivity index (χ4n) is 3.27. The summed E-state index contributed by atoms with van der Waals surface area (Å²) in [5, 5.41) is 5.63. The highest BCUT2D eigenvalue weighted by Crippen LogP contribution is 2.24. The van der Waals surface area contributed by atoms with E-state index in [1.54, 1.807) is 24.3 Å². The van der Waals surface area contributed by atoms with Gasteiger partial charge in [0.2, 0.25) is 10.0 Å². The van der Waals surface area contributed by atoms with Crippen molar-refractivity contribution in [3.8, 4) is 5.75 Å². The molecule has 0 fully saturated rings. The molecule has 36 heavy (non-hydrogen) atoms. The molecule has 0 atom stereocenters. The molecule has 0 aliphatic heterocycles. The number of carbonyl (C=O) groups is 1. The maximum absolute atomic E-state index is 12.9. The summed E-state index contributed by atoms with van der Waals surface area (Å²) >= 11 is 8.69. The summed E-state index contributed by atoms with van der Waals surface area (Å²) in [4.78, 5) is 13.0. The van der Waals surface area contributed by atoms with Gasteiger partial charge in [-0.25, -0.2) is 8.42 Å². The van der Waals surface area contributed by atoms with Crippen molar-refractivity contribution in [3.05, 3.63) is 77.8 Å². The maximum atomic E-state index is 12.9. The lowest BCUT2D eigenvalue weighted by molar-refractivity contribution is 0.0973. The minimum absolute atomic E-state index is 0.0735. The number of nitrogens with zero attached hydrogens (tertiary/aromatic N) is 1. The number of amides is 1. The predicted octanol–water partition coefficient (Wildman–Crippen LogP) is 5.90. The van der Waals surface area contributed by atoms with Crippen LogP contribution in [0.5, 0.6) is 5.75 Å². The second kappa shape index (κ2) is 14.9. The van der Waals surface area contributed by atoms with Crippen molar-refractivity contribution in [2.75, 3.05) is 25.0 Å². The number of benzene rings is 2. The lowest BCUT2D eigenvalue weighted by atomic mass is 10.2. The van der Waals surface area contributed by atoms with Crippen molar-refractivity contribution in [1.82, 2.24) is 9.62 Å². The highest BCUT2D eigenvalue weighted by atomic mass is 79.9. The number of hydrogen-bond donors (Lipinski definition) is 2. The first-order valence-corrected chi connectivity index (χ1v) is 14.2. The molecular weight excluding hydrogens is 562 g/mol. The molecular formula is C26H32BrN3O4S2. The minimum Gasteiger partial charge on any atom is -0.493 e. The fraction of sp³-hybridized carbons (Fsp3) is 0.308. The summed E-state index contributed by atoms with van der Waals surface area (Å²) in [6.45, 7) is 10.2. The third-order valence-corrected chi connectivity index (χ3v) is 7.63. The number of sulfonamides is 1. The van der Waals surface area contributed by atoms with E-state index in [-0.39, 0.29) is 23.1 Å². The van der Waals surface area contributed by atoms with E-state index in [0.717, 1.165) is 30.2 Å². The largest absolute Gasteiger partial charge is 0.493 e. The van der Waals surface area contributed by atoms with E-state index in [4.69, 9.17) is 17.0 Å². The van der Waals surface area contributed by atoms with E-state index in [1.165, 1.54) is 28.6 Å². The van der Waals surface area contributed by atoms with E-state index in [1.807, 2.05) is 6.07 Å². The van der Waals surface area contributed by atoms with Gasteiger partial charge in [-0.3, -0.25) is 10.1 Å². The Kier molecular flexibility index (Phi) is 12.3. The molecule has 2 aromatic rings. The van der Waals surface area contributed by atoms with Crippen LogP contribution in [0.15, 0.2) is 77.1 Å². The molecule has 0 aliphatic carbocycles. The van der Waals surface area contributed by atoms with Gasteiger partial charge < -0.3 is 10.1 Å². The highest BCUT2D eigenvalue weighted by Gasteiger charge is 2.22. The zero-order valence-electron chi connectivity index (χ0n) is 20.3. The number of ether oxygens (including phenoxy) is 1. The average molecular weight is 595 g/mol. The van der Waals surface area contributed by atoms with Crippen LogP contribution in [0.25, 0.3) is 0 Å². The number of thiocarbonyl (C=S) groups is 1. The van der Waals surface area contributed by atoms with Gasteiger partial charge in [0.05, 0.1) is 17.1 Å². The molecule has 2 N–H and O–H groups in total. The summed E-state index contributed by atoms with van der Waals surface area (Å²) in [7, 11) is -3.71. The average Bonchev–Trinajstić information content (AvgIpc) is 2.84. The molecule has 0 unspecified atom stereocenters. The zero-order chi connectivity index (χ0) is 26.6. The summed E-state index contributed by atoms with van der Waals surface area (Å²) in [6, 6.07) is 11.3. The van der Waals surface area contributed by atoms with Gasteiger partial charge in [0.1, 0.15) is 5.75 Å². The molecule has 0 saturated carbocycles. The smallest absolute Gasteiger partial charge is 0.261 e. The Bertz CT molecular complexity index is 1160. The van der Waals surface area contributed by atoms with Crippen LogP contribution in [0.2, 0.25) is 0 Å². The normalized spacial score (nSPS) is 11.1. The molecule has 194 valence electrons. The molecule has 0 heterocycles.